The molecule has 1 aromatic rings. The molecule has 3 rings (SSSR count). The Hall–Kier alpha value is -1.44. The molecule has 168 valence electrons. The van der Waals surface area contributed by atoms with Crippen LogP contribution in [0.4, 0.5) is 0 Å². The lowest BCUT2D eigenvalue weighted by molar-refractivity contribution is -0.144. The molecule has 0 unspecified atom stereocenters. The monoisotopic (exact) mass is 436 g/mol. The number of hydrogen-bond acceptors (Lipinski definition) is 5. The van der Waals surface area contributed by atoms with E-state index in [2.05, 4.69) is 24.5 Å². The molecule has 0 aliphatic heterocycles. The fraction of sp³-hybridized carbons (Fsp3) is 0.739. The lowest BCUT2D eigenvalue weighted by Gasteiger charge is -2.56. The summed E-state index contributed by atoms with van der Waals surface area (Å²) in [6, 6.07) is 4.02. The van der Waals surface area contributed by atoms with Crippen molar-refractivity contribution in [2.45, 2.75) is 65.1 Å². The van der Waals surface area contributed by atoms with Gasteiger partial charge in [-0.2, -0.15) is 0 Å². The maximum atomic E-state index is 12.8. The van der Waals surface area contributed by atoms with E-state index in [-0.39, 0.29) is 53.5 Å². The number of ether oxygens (including phenoxy) is 1. The van der Waals surface area contributed by atoms with Crippen LogP contribution in [-0.4, -0.2) is 42.8 Å². The molecule has 3 N–H and O–H groups in total. The molecule has 1 heterocycles. The van der Waals surface area contributed by atoms with E-state index >= 15 is 0 Å². The van der Waals surface area contributed by atoms with Gasteiger partial charge < -0.3 is 20.5 Å². The number of rotatable bonds is 7. The number of fused-ring (bicyclic) bond motifs is 1. The Morgan fingerprint density at radius 1 is 1.37 bits per heavy atom. The number of carbonyl (C=O) groups excluding carboxylic acids is 2. The number of aliphatic hydroxyl groups is 1. The quantitative estimate of drug-likeness (QED) is 0.613. The molecule has 30 heavy (non-hydrogen) atoms. The molecular weight excluding hydrogens is 400 g/mol. The Morgan fingerprint density at radius 3 is 2.77 bits per heavy atom. The number of aliphatic hydroxyl groups excluding tert-OH is 1. The minimum Gasteiger partial charge on any atom is -0.392 e. The van der Waals surface area contributed by atoms with E-state index < -0.39 is 6.10 Å². The van der Waals surface area contributed by atoms with Crippen LogP contribution in [0.3, 0.4) is 0 Å². The highest BCUT2D eigenvalue weighted by molar-refractivity contribution is 7.09. The van der Waals surface area contributed by atoms with E-state index in [1.807, 2.05) is 24.4 Å². The highest BCUT2D eigenvalue weighted by Crippen LogP contribution is 2.55. The highest BCUT2D eigenvalue weighted by atomic mass is 32.1. The van der Waals surface area contributed by atoms with Gasteiger partial charge in [-0.15, -0.1) is 11.3 Å². The normalized spacial score (nSPS) is 34.6. The van der Waals surface area contributed by atoms with Crippen LogP contribution in [0.1, 0.15) is 51.3 Å². The molecule has 2 fully saturated rings. The Kier molecular flexibility index (Phi) is 7.58. The third-order valence-electron chi connectivity index (χ3n) is 7.58. The summed E-state index contributed by atoms with van der Waals surface area (Å²) < 4.78 is 4.95. The Morgan fingerprint density at radius 2 is 2.10 bits per heavy atom. The molecule has 2 aliphatic rings. The Labute approximate surface area is 183 Å². The summed E-state index contributed by atoms with van der Waals surface area (Å²) in [6.07, 6.45) is 3.20. The van der Waals surface area contributed by atoms with Crippen molar-refractivity contribution in [3.05, 3.63) is 22.4 Å². The molecule has 0 spiro atoms. The first-order valence-electron chi connectivity index (χ1n) is 11.0. The second-order valence-corrected chi connectivity index (χ2v) is 10.5. The first-order chi connectivity index (χ1) is 14.3. The van der Waals surface area contributed by atoms with Gasteiger partial charge in [0.1, 0.15) is 6.61 Å². The molecule has 0 bridgehead atoms. The van der Waals surface area contributed by atoms with Crippen molar-refractivity contribution in [2.75, 3.05) is 13.7 Å². The van der Waals surface area contributed by atoms with Gasteiger partial charge in [-0.3, -0.25) is 9.59 Å². The van der Waals surface area contributed by atoms with Gasteiger partial charge in [-0.1, -0.05) is 26.8 Å². The van der Waals surface area contributed by atoms with Crippen LogP contribution in [0.2, 0.25) is 0 Å². The van der Waals surface area contributed by atoms with Gasteiger partial charge in [0.25, 0.3) is 0 Å². The van der Waals surface area contributed by atoms with E-state index in [0.717, 1.165) is 30.6 Å². The summed E-state index contributed by atoms with van der Waals surface area (Å²) in [5, 5.41) is 19.5. The third kappa shape index (κ3) is 4.89. The van der Waals surface area contributed by atoms with E-state index in [1.54, 1.807) is 11.3 Å². The maximum absolute atomic E-state index is 12.8. The van der Waals surface area contributed by atoms with Crippen molar-refractivity contribution in [1.29, 1.82) is 0 Å². The van der Waals surface area contributed by atoms with Crippen molar-refractivity contribution in [3.8, 4) is 0 Å². The minimum absolute atomic E-state index is 0.00413. The zero-order valence-electron chi connectivity index (χ0n) is 18.5. The van der Waals surface area contributed by atoms with Gasteiger partial charge >= 0.3 is 0 Å². The van der Waals surface area contributed by atoms with Crippen LogP contribution in [0.15, 0.2) is 17.5 Å². The second kappa shape index (κ2) is 9.79. The smallest absolute Gasteiger partial charge is 0.246 e. The fourth-order valence-corrected chi connectivity index (χ4v) is 6.46. The molecule has 2 amide bonds. The molecule has 2 saturated carbocycles. The van der Waals surface area contributed by atoms with Gasteiger partial charge in [0, 0.05) is 23.9 Å². The lowest BCUT2D eigenvalue weighted by Crippen LogP contribution is -2.58. The lowest BCUT2D eigenvalue weighted by atomic mass is 9.51. The molecule has 1 aromatic heterocycles. The molecule has 0 saturated heterocycles. The van der Waals surface area contributed by atoms with E-state index in [9.17, 15) is 14.7 Å². The van der Waals surface area contributed by atoms with Gasteiger partial charge in [0.15, 0.2) is 0 Å². The van der Waals surface area contributed by atoms with Crippen LogP contribution in [0, 0.1) is 29.1 Å². The summed E-state index contributed by atoms with van der Waals surface area (Å²) in [4.78, 5) is 26.0. The van der Waals surface area contributed by atoms with E-state index in [1.165, 1.54) is 7.11 Å². The van der Waals surface area contributed by atoms with Gasteiger partial charge in [-0.25, -0.2) is 0 Å². The summed E-state index contributed by atoms with van der Waals surface area (Å²) in [5.41, 5.74) is 0.0466. The number of nitrogens with one attached hydrogen (secondary N) is 2. The molecule has 7 heteroatoms. The maximum Gasteiger partial charge on any atom is 0.246 e. The van der Waals surface area contributed by atoms with Crippen LogP contribution >= 0.6 is 11.3 Å². The van der Waals surface area contributed by atoms with Crippen molar-refractivity contribution >= 4 is 23.2 Å². The van der Waals surface area contributed by atoms with E-state index in [4.69, 9.17) is 4.74 Å². The number of methoxy groups -OCH3 is 1. The zero-order valence-corrected chi connectivity index (χ0v) is 19.3. The minimum atomic E-state index is -0.552. The SMILES string of the molecule is COCC(=O)N[C@H]1CC[C@]2(C)CC[C@@H]([C@H](C)C(=O)NCc3cccs3)[C@H](O)[C@H]2[C@@H]1C. The average Bonchev–Trinajstić information content (AvgIpc) is 3.22. The van der Waals surface area contributed by atoms with Crippen molar-refractivity contribution in [1.82, 2.24) is 10.6 Å². The van der Waals surface area contributed by atoms with Gasteiger partial charge in [0.2, 0.25) is 11.8 Å². The topological polar surface area (TPSA) is 87.7 Å². The van der Waals surface area contributed by atoms with Crippen molar-refractivity contribution in [3.63, 3.8) is 0 Å². The number of hydrogen-bond donors (Lipinski definition) is 3. The molecular formula is C23H36N2O4S. The summed E-state index contributed by atoms with van der Waals surface area (Å²) >= 11 is 1.63. The van der Waals surface area contributed by atoms with Crippen molar-refractivity contribution < 1.29 is 19.4 Å². The summed E-state index contributed by atoms with van der Waals surface area (Å²) in [6.45, 7) is 6.92. The average molecular weight is 437 g/mol. The summed E-state index contributed by atoms with van der Waals surface area (Å²) in [5.74, 6) is -0.220. The second-order valence-electron chi connectivity index (χ2n) is 9.46. The summed E-state index contributed by atoms with van der Waals surface area (Å²) in [7, 11) is 1.52. The van der Waals surface area contributed by atoms with Crippen LogP contribution in [0.25, 0.3) is 0 Å². The molecule has 6 nitrogen and oxygen atoms in total. The van der Waals surface area contributed by atoms with Crippen LogP contribution in [0.5, 0.6) is 0 Å². The Balaban J connectivity index is 1.66. The zero-order chi connectivity index (χ0) is 21.9. The number of amides is 2. The fourth-order valence-electron chi connectivity index (χ4n) is 5.82. The highest BCUT2D eigenvalue weighted by Gasteiger charge is 2.53. The molecule has 0 aromatic carbocycles. The first kappa shape index (κ1) is 23.2. The predicted molar refractivity (Wildman–Crippen MR) is 118 cm³/mol. The molecule has 2 aliphatic carbocycles. The Bertz CT molecular complexity index is 725. The van der Waals surface area contributed by atoms with Crippen molar-refractivity contribution in [2.24, 2.45) is 29.1 Å². The largest absolute Gasteiger partial charge is 0.392 e. The molecule has 0 radical (unpaired) electrons. The van der Waals surface area contributed by atoms with Gasteiger partial charge in [0.05, 0.1) is 12.6 Å². The number of thiophene rings is 1. The third-order valence-corrected chi connectivity index (χ3v) is 8.46. The number of carbonyl (C=O) groups is 2. The molecule has 7 atom stereocenters. The standard InChI is InChI=1S/C23H36N2O4S/c1-14(22(28)24-12-16-6-5-11-30-16)17-7-9-23(3)10-8-18(25-19(26)13-29-4)15(2)20(23)21(17)27/h5-6,11,14-15,17-18,20-21,27H,7-10,12-13H2,1-4H3,(H,24,28)(H,25,26)/t14-,15+,17-,18-,20+,21-,23-/m0/s1. The van der Waals surface area contributed by atoms with Crippen LogP contribution < -0.4 is 10.6 Å². The van der Waals surface area contributed by atoms with E-state index in [0.29, 0.717) is 6.54 Å². The first-order valence-corrected chi connectivity index (χ1v) is 11.9. The predicted octanol–water partition coefficient (Wildman–Crippen LogP) is 2.95. The van der Waals surface area contributed by atoms with Crippen LogP contribution in [-0.2, 0) is 20.9 Å². The van der Waals surface area contributed by atoms with Gasteiger partial charge in [-0.05, 0) is 60.3 Å².